The molecular formula is C15H16BrFN2O2. The molecule has 4 nitrogen and oxygen atoms in total. The first kappa shape index (κ1) is 15.7. The van der Waals surface area contributed by atoms with E-state index >= 15 is 0 Å². The molecule has 2 aromatic rings. The van der Waals surface area contributed by atoms with E-state index in [4.69, 9.17) is 4.74 Å². The van der Waals surface area contributed by atoms with Crippen molar-refractivity contribution in [2.45, 2.75) is 26.8 Å². The molecular weight excluding hydrogens is 339 g/mol. The summed E-state index contributed by atoms with van der Waals surface area (Å²) in [6.07, 6.45) is 0.198. The average molecular weight is 355 g/mol. The van der Waals surface area contributed by atoms with E-state index in [2.05, 4.69) is 21.0 Å². The van der Waals surface area contributed by atoms with Gasteiger partial charge < -0.3 is 4.74 Å². The van der Waals surface area contributed by atoms with Crippen molar-refractivity contribution in [1.29, 1.82) is 0 Å². The number of ether oxygens (including phenoxy) is 1. The zero-order valence-electron chi connectivity index (χ0n) is 12.1. The number of nitrogens with zero attached hydrogens (tertiary/aromatic N) is 2. The van der Waals surface area contributed by atoms with Crippen molar-refractivity contribution < 1.29 is 13.9 Å². The zero-order chi connectivity index (χ0) is 15.6. The van der Waals surface area contributed by atoms with E-state index < -0.39 is 5.82 Å². The lowest BCUT2D eigenvalue weighted by atomic mass is 10.1. The molecule has 1 aromatic carbocycles. The maximum atomic E-state index is 13.4. The molecule has 0 radical (unpaired) electrons. The number of rotatable bonds is 5. The number of halogens is 2. The van der Waals surface area contributed by atoms with E-state index in [1.54, 1.807) is 4.68 Å². The van der Waals surface area contributed by atoms with Gasteiger partial charge in [-0.2, -0.15) is 5.10 Å². The largest absolute Gasteiger partial charge is 0.494 e. The van der Waals surface area contributed by atoms with Crippen LogP contribution < -0.4 is 4.74 Å². The molecule has 0 spiro atoms. The highest BCUT2D eigenvalue weighted by molar-refractivity contribution is 9.10. The molecule has 0 unspecified atom stereocenters. The van der Waals surface area contributed by atoms with Gasteiger partial charge in [-0.3, -0.25) is 9.48 Å². The Labute approximate surface area is 131 Å². The summed E-state index contributed by atoms with van der Waals surface area (Å²) in [6.45, 7) is 4.53. The Hall–Kier alpha value is -1.69. The maximum Gasteiger partial charge on any atom is 0.168 e. The zero-order valence-corrected chi connectivity index (χ0v) is 13.7. The number of methoxy groups -OCH3 is 1. The number of carbonyl (C=O) groups excluding carboxylic acids is 1. The highest BCUT2D eigenvalue weighted by Crippen LogP contribution is 2.24. The second-order valence-corrected chi connectivity index (χ2v) is 5.40. The minimum absolute atomic E-state index is 0.0695. The van der Waals surface area contributed by atoms with E-state index in [9.17, 15) is 9.18 Å². The molecule has 0 fully saturated rings. The fourth-order valence-electron chi connectivity index (χ4n) is 2.13. The van der Waals surface area contributed by atoms with Crippen molar-refractivity contribution in [3.8, 4) is 5.75 Å². The molecule has 0 atom stereocenters. The Kier molecular flexibility index (Phi) is 4.77. The van der Waals surface area contributed by atoms with Gasteiger partial charge in [-0.1, -0.05) is 0 Å². The third-order valence-electron chi connectivity index (χ3n) is 3.25. The van der Waals surface area contributed by atoms with Crippen molar-refractivity contribution in [2.75, 3.05) is 7.11 Å². The van der Waals surface area contributed by atoms with Gasteiger partial charge >= 0.3 is 0 Å². The number of carbonyl (C=O) groups is 1. The third kappa shape index (κ3) is 3.15. The van der Waals surface area contributed by atoms with Gasteiger partial charge in [-0.25, -0.2) is 4.39 Å². The summed E-state index contributed by atoms with van der Waals surface area (Å²) in [5, 5.41) is 4.36. The molecule has 0 N–H and O–H groups in total. The van der Waals surface area contributed by atoms with Gasteiger partial charge in [0.05, 0.1) is 29.4 Å². The second kappa shape index (κ2) is 6.39. The lowest BCUT2D eigenvalue weighted by Gasteiger charge is -2.07. The summed E-state index contributed by atoms with van der Waals surface area (Å²) >= 11 is 3.46. The Bertz CT molecular complexity index is 683. The topological polar surface area (TPSA) is 44.1 Å². The Morgan fingerprint density at radius 3 is 2.81 bits per heavy atom. The van der Waals surface area contributed by atoms with E-state index in [0.717, 1.165) is 15.9 Å². The van der Waals surface area contributed by atoms with Gasteiger partial charge in [0.2, 0.25) is 0 Å². The van der Waals surface area contributed by atoms with Crippen molar-refractivity contribution in [1.82, 2.24) is 9.78 Å². The molecule has 0 aliphatic rings. The molecule has 0 saturated carbocycles. The molecule has 0 saturated heterocycles. The van der Waals surface area contributed by atoms with Gasteiger partial charge in [-0.05, 0) is 48.0 Å². The van der Waals surface area contributed by atoms with Crippen LogP contribution in [0.15, 0.2) is 22.7 Å². The number of ketones is 1. The molecule has 21 heavy (non-hydrogen) atoms. The molecule has 112 valence electrons. The average Bonchev–Trinajstić information content (AvgIpc) is 2.75. The number of aromatic nitrogens is 2. The van der Waals surface area contributed by atoms with Crippen molar-refractivity contribution in [3.05, 3.63) is 45.4 Å². The molecule has 0 amide bonds. The van der Waals surface area contributed by atoms with Gasteiger partial charge in [-0.15, -0.1) is 0 Å². The molecule has 0 bridgehead atoms. The van der Waals surface area contributed by atoms with Crippen LogP contribution in [0.4, 0.5) is 4.39 Å². The predicted octanol–water partition coefficient (Wildman–Crippen LogP) is 3.55. The first-order chi connectivity index (χ1) is 9.97. The Morgan fingerprint density at radius 2 is 2.19 bits per heavy atom. The first-order valence-electron chi connectivity index (χ1n) is 6.56. The minimum atomic E-state index is -0.482. The van der Waals surface area contributed by atoms with Gasteiger partial charge in [0.1, 0.15) is 0 Å². The first-order valence-corrected chi connectivity index (χ1v) is 7.35. The Morgan fingerprint density at radius 1 is 1.48 bits per heavy atom. The SMILES string of the molecule is CCn1nc(C)c(Br)c1CC(=O)c1ccc(F)c(OC)c1. The number of aryl methyl sites for hydroxylation is 2. The van der Waals surface area contributed by atoms with Crippen LogP contribution in [0.1, 0.15) is 28.7 Å². The van der Waals surface area contributed by atoms with Crippen LogP contribution >= 0.6 is 15.9 Å². The number of hydrogen-bond donors (Lipinski definition) is 0. The molecule has 0 aliphatic carbocycles. The molecule has 0 aliphatic heterocycles. The van der Waals surface area contributed by atoms with Gasteiger partial charge in [0.25, 0.3) is 0 Å². The smallest absolute Gasteiger partial charge is 0.168 e. The third-order valence-corrected chi connectivity index (χ3v) is 4.29. The van der Waals surface area contributed by atoms with E-state index in [-0.39, 0.29) is 18.0 Å². The fraction of sp³-hybridized carbons (Fsp3) is 0.333. The summed E-state index contributed by atoms with van der Waals surface area (Å²) in [5.41, 5.74) is 2.08. The second-order valence-electron chi connectivity index (χ2n) is 4.61. The van der Waals surface area contributed by atoms with Crippen molar-refractivity contribution in [2.24, 2.45) is 0 Å². The molecule has 1 aromatic heterocycles. The van der Waals surface area contributed by atoms with Crippen LogP contribution in [0.25, 0.3) is 0 Å². The van der Waals surface area contributed by atoms with Crippen LogP contribution in [-0.2, 0) is 13.0 Å². The summed E-state index contributed by atoms with van der Waals surface area (Å²) in [4.78, 5) is 12.4. The quantitative estimate of drug-likeness (QED) is 0.771. The van der Waals surface area contributed by atoms with Crippen LogP contribution in [0, 0.1) is 12.7 Å². The van der Waals surface area contributed by atoms with Gasteiger partial charge in [0.15, 0.2) is 17.3 Å². The van der Waals surface area contributed by atoms with Crippen LogP contribution in [0.5, 0.6) is 5.75 Å². The van der Waals surface area contributed by atoms with Gasteiger partial charge in [0, 0.05) is 12.1 Å². The summed E-state index contributed by atoms with van der Waals surface area (Å²) < 4.78 is 20.9. The standard InChI is InChI=1S/C15H16BrFN2O2/c1-4-19-12(15(16)9(2)18-19)8-13(20)10-5-6-11(17)14(7-10)21-3/h5-7H,4,8H2,1-3H3. The number of hydrogen-bond acceptors (Lipinski definition) is 3. The molecule has 2 rings (SSSR count). The van der Waals surface area contributed by atoms with E-state index in [1.165, 1.54) is 25.3 Å². The summed E-state index contributed by atoms with van der Waals surface area (Å²) in [7, 11) is 1.37. The maximum absolute atomic E-state index is 13.4. The summed E-state index contributed by atoms with van der Waals surface area (Å²) in [5.74, 6) is -0.520. The number of benzene rings is 1. The molecule has 6 heteroatoms. The molecule has 1 heterocycles. The normalized spacial score (nSPS) is 10.7. The highest BCUT2D eigenvalue weighted by Gasteiger charge is 2.17. The van der Waals surface area contributed by atoms with Crippen molar-refractivity contribution >= 4 is 21.7 Å². The van der Waals surface area contributed by atoms with Crippen molar-refractivity contribution in [3.63, 3.8) is 0 Å². The van der Waals surface area contributed by atoms with E-state index in [0.29, 0.717) is 12.1 Å². The van der Waals surface area contributed by atoms with Crippen LogP contribution in [0.3, 0.4) is 0 Å². The van der Waals surface area contributed by atoms with Crippen LogP contribution in [0.2, 0.25) is 0 Å². The monoisotopic (exact) mass is 354 g/mol. The van der Waals surface area contributed by atoms with E-state index in [1.807, 2.05) is 13.8 Å². The summed E-state index contributed by atoms with van der Waals surface area (Å²) in [6, 6.07) is 4.13. The highest BCUT2D eigenvalue weighted by atomic mass is 79.9. The lowest BCUT2D eigenvalue weighted by molar-refractivity contribution is 0.0990. The number of Topliss-reactive ketones (excluding diaryl/α,β-unsaturated/α-hetero) is 1. The predicted molar refractivity (Wildman–Crippen MR) is 81.3 cm³/mol. The lowest BCUT2D eigenvalue weighted by Crippen LogP contribution is -2.10. The fourth-order valence-corrected chi connectivity index (χ4v) is 2.55. The van der Waals surface area contributed by atoms with Crippen LogP contribution in [-0.4, -0.2) is 22.7 Å². The minimum Gasteiger partial charge on any atom is -0.494 e. The Balaban J connectivity index is 2.30.